The fourth-order valence-corrected chi connectivity index (χ4v) is 3.12. The first-order valence-electron chi connectivity index (χ1n) is 9.47. The number of fused-ring (bicyclic) bond motifs is 1. The first-order valence-corrected chi connectivity index (χ1v) is 9.47. The number of hydrogen-bond acceptors (Lipinski definition) is 8. The number of nitrogens with zero attached hydrogens (tertiary/aromatic N) is 5. The van der Waals surface area contributed by atoms with E-state index >= 15 is 0 Å². The van der Waals surface area contributed by atoms with Crippen LogP contribution in [0.15, 0.2) is 41.6 Å². The summed E-state index contributed by atoms with van der Waals surface area (Å²) in [5.41, 5.74) is 0.980. The van der Waals surface area contributed by atoms with Gasteiger partial charge in [0.05, 0.1) is 13.2 Å². The largest absolute Gasteiger partial charge is 0.378 e. The minimum atomic E-state index is -0.393. The summed E-state index contributed by atoms with van der Waals surface area (Å²) in [5.74, 6) is 0.0579. The molecule has 10 nitrogen and oxygen atoms in total. The monoisotopic (exact) mass is 408 g/mol. The minimum absolute atomic E-state index is 0.0549. The predicted octanol–water partition coefficient (Wildman–Crippen LogP) is 0.864. The molecule has 1 aliphatic rings. The van der Waals surface area contributed by atoms with Gasteiger partial charge in [0.25, 0.3) is 5.56 Å². The second-order valence-corrected chi connectivity index (χ2v) is 6.87. The lowest BCUT2D eigenvalue weighted by molar-refractivity contribution is -0.116. The van der Waals surface area contributed by atoms with Crippen molar-refractivity contribution in [3.05, 3.63) is 52.7 Å². The fourth-order valence-electron chi connectivity index (χ4n) is 3.12. The molecule has 0 atom stereocenters. The Balaban J connectivity index is 1.49. The molecule has 1 saturated heterocycles. The molecular weight excluding hydrogens is 388 g/mol. The zero-order valence-corrected chi connectivity index (χ0v) is 16.4. The maximum Gasteiger partial charge on any atom is 0.264 e. The number of morpholine rings is 1. The van der Waals surface area contributed by atoms with Crippen molar-refractivity contribution in [2.75, 3.05) is 36.5 Å². The second kappa shape index (κ2) is 8.37. The van der Waals surface area contributed by atoms with E-state index in [0.717, 1.165) is 0 Å². The van der Waals surface area contributed by atoms with E-state index in [9.17, 15) is 14.4 Å². The van der Waals surface area contributed by atoms with E-state index in [1.165, 1.54) is 24.0 Å². The number of carbonyl (C=O) groups excluding carboxylic acids is 2. The Morgan fingerprint density at radius 3 is 2.57 bits per heavy atom. The smallest absolute Gasteiger partial charge is 0.264 e. The number of ketones is 1. The van der Waals surface area contributed by atoms with E-state index < -0.39 is 5.56 Å². The van der Waals surface area contributed by atoms with Gasteiger partial charge >= 0.3 is 0 Å². The van der Waals surface area contributed by atoms with Crippen molar-refractivity contribution in [2.45, 2.75) is 13.5 Å². The van der Waals surface area contributed by atoms with Gasteiger partial charge in [0, 0.05) is 30.5 Å². The number of amides is 1. The van der Waals surface area contributed by atoms with Crippen molar-refractivity contribution < 1.29 is 14.3 Å². The van der Waals surface area contributed by atoms with E-state index in [1.807, 2.05) is 4.90 Å². The summed E-state index contributed by atoms with van der Waals surface area (Å²) in [4.78, 5) is 51.2. The van der Waals surface area contributed by atoms with Crippen LogP contribution in [0.1, 0.15) is 17.3 Å². The van der Waals surface area contributed by atoms with Gasteiger partial charge in [-0.3, -0.25) is 19.0 Å². The Kier molecular flexibility index (Phi) is 5.48. The summed E-state index contributed by atoms with van der Waals surface area (Å²) >= 11 is 0. The van der Waals surface area contributed by atoms with Gasteiger partial charge in [-0.25, -0.2) is 9.97 Å². The number of anilines is 2. The van der Waals surface area contributed by atoms with Crippen LogP contribution < -0.4 is 15.8 Å². The number of Topliss-reactive ketones (excluding diaryl/α,β-unsaturated/α-hetero) is 1. The first-order chi connectivity index (χ1) is 14.5. The summed E-state index contributed by atoms with van der Waals surface area (Å²) in [6.07, 6.45) is 2.75. The van der Waals surface area contributed by atoms with E-state index in [1.54, 1.807) is 24.3 Å². The Morgan fingerprint density at radius 1 is 1.13 bits per heavy atom. The Bertz CT molecular complexity index is 1150. The highest BCUT2D eigenvalue weighted by molar-refractivity contribution is 5.95. The standard InChI is InChI=1S/C20H20N6O4/c1-13(27)14-2-4-15(5-3-14)23-17(28)11-26-12-22-18-16(19(26)29)10-21-20(24-18)25-6-8-30-9-7-25/h2-5,10,12H,6-9,11H2,1H3,(H,23,28). The van der Waals surface area contributed by atoms with E-state index in [4.69, 9.17) is 4.74 Å². The van der Waals surface area contributed by atoms with Crippen LogP contribution in [0, 0.1) is 0 Å². The highest BCUT2D eigenvalue weighted by atomic mass is 16.5. The molecule has 0 radical (unpaired) electrons. The molecule has 4 rings (SSSR count). The number of nitrogens with one attached hydrogen (secondary N) is 1. The van der Waals surface area contributed by atoms with Gasteiger partial charge in [-0.15, -0.1) is 0 Å². The molecule has 1 aromatic carbocycles. The van der Waals surface area contributed by atoms with Crippen LogP contribution in [0.25, 0.3) is 11.0 Å². The van der Waals surface area contributed by atoms with Crippen LogP contribution in [0.2, 0.25) is 0 Å². The molecule has 154 valence electrons. The minimum Gasteiger partial charge on any atom is -0.378 e. The molecule has 1 amide bonds. The molecule has 1 N–H and O–H groups in total. The molecule has 1 fully saturated rings. The SMILES string of the molecule is CC(=O)c1ccc(NC(=O)Cn2cnc3nc(N4CCOCC4)ncc3c2=O)cc1. The molecule has 0 unspecified atom stereocenters. The fraction of sp³-hybridized carbons (Fsp3) is 0.300. The number of hydrogen-bond donors (Lipinski definition) is 1. The summed E-state index contributed by atoms with van der Waals surface area (Å²) in [7, 11) is 0. The van der Waals surface area contributed by atoms with Crippen LogP contribution in [0.3, 0.4) is 0 Å². The molecule has 1 aliphatic heterocycles. The highest BCUT2D eigenvalue weighted by Gasteiger charge is 2.16. The number of aromatic nitrogens is 4. The molecule has 30 heavy (non-hydrogen) atoms. The van der Waals surface area contributed by atoms with Crippen LogP contribution in [-0.4, -0.2) is 57.5 Å². The topological polar surface area (TPSA) is 119 Å². The third kappa shape index (κ3) is 4.18. The van der Waals surface area contributed by atoms with Crippen LogP contribution in [-0.2, 0) is 16.1 Å². The van der Waals surface area contributed by atoms with Crippen molar-refractivity contribution in [1.29, 1.82) is 0 Å². The Labute approximate surface area is 171 Å². The molecule has 10 heteroatoms. The summed E-state index contributed by atoms with van der Waals surface area (Å²) in [6.45, 7) is 3.82. The molecule has 0 bridgehead atoms. The molecule has 0 saturated carbocycles. The number of ether oxygens (including phenoxy) is 1. The molecular formula is C20H20N6O4. The Hall–Kier alpha value is -3.66. The highest BCUT2D eigenvalue weighted by Crippen LogP contribution is 2.13. The van der Waals surface area contributed by atoms with Crippen molar-refractivity contribution >= 4 is 34.4 Å². The van der Waals surface area contributed by atoms with Crippen molar-refractivity contribution in [3.8, 4) is 0 Å². The van der Waals surface area contributed by atoms with Crippen LogP contribution in [0.4, 0.5) is 11.6 Å². The van der Waals surface area contributed by atoms with E-state index in [0.29, 0.717) is 43.5 Å². The number of rotatable bonds is 5. The Morgan fingerprint density at radius 2 is 1.87 bits per heavy atom. The van der Waals surface area contributed by atoms with Crippen molar-refractivity contribution in [3.63, 3.8) is 0 Å². The quantitative estimate of drug-likeness (QED) is 0.618. The normalized spacial score (nSPS) is 14.0. The zero-order valence-electron chi connectivity index (χ0n) is 16.4. The maximum absolute atomic E-state index is 12.7. The number of carbonyl (C=O) groups is 2. The lowest BCUT2D eigenvalue weighted by Gasteiger charge is -2.26. The lowest BCUT2D eigenvalue weighted by atomic mass is 10.1. The third-order valence-electron chi connectivity index (χ3n) is 4.75. The van der Waals surface area contributed by atoms with Gasteiger partial charge in [0.1, 0.15) is 18.3 Å². The molecule has 3 heterocycles. The van der Waals surface area contributed by atoms with Gasteiger partial charge in [-0.1, -0.05) is 0 Å². The first kappa shape index (κ1) is 19.6. The van der Waals surface area contributed by atoms with Gasteiger partial charge in [0.2, 0.25) is 11.9 Å². The summed E-state index contributed by atoms with van der Waals surface area (Å²) in [6, 6.07) is 6.53. The van der Waals surface area contributed by atoms with Gasteiger partial charge in [-0.05, 0) is 31.2 Å². The zero-order chi connectivity index (χ0) is 21.1. The molecule has 3 aromatic rings. The van der Waals surface area contributed by atoms with E-state index in [2.05, 4.69) is 20.3 Å². The molecule has 0 aliphatic carbocycles. The van der Waals surface area contributed by atoms with Crippen molar-refractivity contribution in [2.24, 2.45) is 0 Å². The average Bonchev–Trinajstić information content (AvgIpc) is 2.76. The van der Waals surface area contributed by atoms with Gasteiger partial charge in [0.15, 0.2) is 11.4 Å². The van der Waals surface area contributed by atoms with Gasteiger partial charge < -0.3 is 15.0 Å². The third-order valence-corrected chi connectivity index (χ3v) is 4.75. The van der Waals surface area contributed by atoms with Crippen LogP contribution >= 0.6 is 0 Å². The predicted molar refractivity (Wildman–Crippen MR) is 110 cm³/mol. The second-order valence-electron chi connectivity index (χ2n) is 6.87. The average molecular weight is 408 g/mol. The molecule has 0 spiro atoms. The number of benzene rings is 1. The molecule has 2 aromatic heterocycles. The summed E-state index contributed by atoms with van der Waals surface area (Å²) in [5, 5.41) is 2.94. The maximum atomic E-state index is 12.7. The lowest BCUT2D eigenvalue weighted by Crippen LogP contribution is -2.37. The van der Waals surface area contributed by atoms with Gasteiger partial charge in [-0.2, -0.15) is 4.98 Å². The van der Waals surface area contributed by atoms with Crippen molar-refractivity contribution in [1.82, 2.24) is 19.5 Å². The summed E-state index contributed by atoms with van der Waals surface area (Å²) < 4.78 is 6.53. The van der Waals surface area contributed by atoms with E-state index in [-0.39, 0.29) is 29.3 Å². The van der Waals surface area contributed by atoms with Crippen LogP contribution in [0.5, 0.6) is 0 Å².